The van der Waals surface area contributed by atoms with Crippen LogP contribution in [0.5, 0.6) is 5.75 Å². The Hall–Kier alpha value is -2.01. The Morgan fingerprint density at radius 1 is 1.22 bits per heavy atom. The Morgan fingerprint density at radius 3 is 2.52 bits per heavy atom. The Bertz CT molecular complexity index is 873. The van der Waals surface area contributed by atoms with Gasteiger partial charge >= 0.3 is 0 Å². The number of nitro benzene ring substituents is 1. The molecular weight excluding hydrogens is 440 g/mol. The van der Waals surface area contributed by atoms with Crippen LogP contribution in [-0.2, 0) is 14.8 Å². The van der Waals surface area contributed by atoms with Gasteiger partial charge in [0.2, 0.25) is 10.0 Å². The number of non-ortho nitro benzene ring substituents is 1. The largest absolute Gasteiger partial charge is 0.497 e. The summed E-state index contributed by atoms with van der Waals surface area (Å²) in [5.41, 5.74) is 0.736. The van der Waals surface area contributed by atoms with Crippen LogP contribution in [0.1, 0.15) is 11.7 Å². The minimum absolute atomic E-state index is 0.0436. The molecule has 0 amide bonds. The molecule has 2 aromatic rings. The van der Waals surface area contributed by atoms with Crippen molar-refractivity contribution in [2.75, 3.05) is 25.6 Å². The van der Waals surface area contributed by atoms with Gasteiger partial charge in [-0.25, -0.2) is 13.1 Å². The number of hydrogen-bond acceptors (Lipinski definition) is 6. The second kappa shape index (κ2) is 9.79. The number of rotatable bonds is 10. The normalized spacial score (nSPS) is 12.5. The van der Waals surface area contributed by atoms with Crippen LogP contribution in [0.3, 0.4) is 0 Å². The van der Waals surface area contributed by atoms with E-state index in [0.29, 0.717) is 11.1 Å². The molecule has 0 aromatic heterocycles. The molecule has 0 radical (unpaired) electrons. The van der Waals surface area contributed by atoms with E-state index in [0.717, 1.165) is 17.7 Å². The lowest BCUT2D eigenvalue weighted by atomic mass is 10.1. The Labute approximate surface area is 165 Å². The van der Waals surface area contributed by atoms with E-state index in [4.69, 9.17) is 9.47 Å². The molecule has 1 unspecified atom stereocenters. The average Bonchev–Trinajstić information content (AvgIpc) is 2.68. The number of nitro groups is 1. The number of alkyl halides is 1. The van der Waals surface area contributed by atoms with Gasteiger partial charge in [0.15, 0.2) is 0 Å². The summed E-state index contributed by atoms with van der Waals surface area (Å²) in [5, 5.41) is 11.2. The van der Waals surface area contributed by atoms with Crippen molar-refractivity contribution >= 4 is 31.6 Å². The summed E-state index contributed by atoms with van der Waals surface area (Å²) in [4.78, 5) is 10.0. The fourth-order valence-electron chi connectivity index (χ4n) is 2.28. The minimum Gasteiger partial charge on any atom is -0.497 e. The minimum atomic E-state index is -3.77. The van der Waals surface area contributed by atoms with E-state index in [-0.39, 0.29) is 29.8 Å². The van der Waals surface area contributed by atoms with Crippen LogP contribution in [-0.4, -0.2) is 38.9 Å². The zero-order valence-corrected chi connectivity index (χ0v) is 16.9. The van der Waals surface area contributed by atoms with E-state index in [1.807, 2.05) is 24.3 Å². The molecule has 0 bridgehead atoms. The van der Waals surface area contributed by atoms with Crippen molar-refractivity contribution in [3.05, 3.63) is 64.2 Å². The molecule has 0 saturated carbocycles. The molecule has 1 N–H and O–H groups in total. The summed E-state index contributed by atoms with van der Waals surface area (Å²) >= 11 is 3.39. The molecule has 0 aliphatic heterocycles. The number of benzene rings is 2. The third-order valence-corrected chi connectivity index (χ3v) is 5.74. The summed E-state index contributed by atoms with van der Waals surface area (Å²) in [5.74, 6) is 0.709. The van der Waals surface area contributed by atoms with Gasteiger partial charge in [0, 0.05) is 24.0 Å². The third kappa shape index (κ3) is 5.99. The summed E-state index contributed by atoms with van der Waals surface area (Å²) < 4.78 is 37.8. The molecule has 146 valence electrons. The van der Waals surface area contributed by atoms with E-state index in [1.54, 1.807) is 7.11 Å². The summed E-state index contributed by atoms with van der Waals surface area (Å²) in [6.45, 7) is 0.215. The predicted molar refractivity (Wildman–Crippen MR) is 104 cm³/mol. The van der Waals surface area contributed by atoms with Crippen molar-refractivity contribution in [2.24, 2.45) is 0 Å². The van der Waals surface area contributed by atoms with Crippen molar-refractivity contribution < 1.29 is 22.8 Å². The van der Waals surface area contributed by atoms with Gasteiger partial charge < -0.3 is 9.47 Å². The number of nitrogens with zero attached hydrogens (tertiary/aromatic N) is 1. The van der Waals surface area contributed by atoms with Crippen molar-refractivity contribution in [3.8, 4) is 5.75 Å². The highest BCUT2D eigenvalue weighted by Crippen LogP contribution is 2.23. The Balaban J connectivity index is 1.91. The zero-order chi connectivity index (χ0) is 19.9. The van der Waals surface area contributed by atoms with Crippen molar-refractivity contribution in [3.63, 3.8) is 0 Å². The first-order valence-corrected chi connectivity index (χ1v) is 10.5. The van der Waals surface area contributed by atoms with Crippen LogP contribution in [0.15, 0.2) is 53.4 Å². The first kappa shape index (κ1) is 21.3. The summed E-state index contributed by atoms with van der Waals surface area (Å²) in [6, 6.07) is 12.1. The molecule has 0 saturated heterocycles. The van der Waals surface area contributed by atoms with Gasteiger partial charge in [-0.3, -0.25) is 10.1 Å². The van der Waals surface area contributed by atoms with Crippen molar-refractivity contribution in [1.29, 1.82) is 0 Å². The van der Waals surface area contributed by atoms with Crippen LogP contribution < -0.4 is 9.46 Å². The first-order chi connectivity index (χ1) is 12.9. The van der Waals surface area contributed by atoms with Gasteiger partial charge in [-0.15, -0.1) is 0 Å². The lowest BCUT2D eigenvalue weighted by molar-refractivity contribution is -0.384. The number of ether oxygens (including phenoxy) is 2. The number of halogens is 1. The lowest BCUT2D eigenvalue weighted by Crippen LogP contribution is -2.28. The van der Waals surface area contributed by atoms with Crippen LogP contribution in [0.2, 0.25) is 0 Å². The number of nitrogens with one attached hydrogen (secondary N) is 1. The van der Waals surface area contributed by atoms with Crippen LogP contribution in [0, 0.1) is 10.1 Å². The maximum atomic E-state index is 12.2. The molecule has 2 aromatic carbocycles. The fourth-order valence-corrected chi connectivity index (χ4v) is 3.85. The van der Waals surface area contributed by atoms with E-state index in [2.05, 4.69) is 20.7 Å². The molecular formula is C17H19BrN2O6S. The fraction of sp³-hybridized carbons (Fsp3) is 0.294. The quantitative estimate of drug-likeness (QED) is 0.253. The predicted octanol–water partition coefficient (Wildman–Crippen LogP) is 3.03. The molecule has 10 heteroatoms. The molecule has 0 fully saturated rings. The molecule has 2 rings (SSSR count). The van der Waals surface area contributed by atoms with Gasteiger partial charge in [0.1, 0.15) is 5.75 Å². The number of hydrogen-bond donors (Lipinski definition) is 1. The monoisotopic (exact) mass is 458 g/mol. The third-order valence-electron chi connectivity index (χ3n) is 3.68. The highest BCUT2D eigenvalue weighted by Gasteiger charge is 2.16. The Morgan fingerprint density at radius 2 is 1.93 bits per heavy atom. The van der Waals surface area contributed by atoms with E-state index in [1.165, 1.54) is 12.1 Å². The SMILES string of the molecule is COc1cccc(C(CBr)OCCNS(=O)(=O)c2ccc([N+](=O)[O-])cc2)c1. The van der Waals surface area contributed by atoms with Crippen LogP contribution in [0.25, 0.3) is 0 Å². The lowest BCUT2D eigenvalue weighted by Gasteiger charge is -2.17. The van der Waals surface area contributed by atoms with Gasteiger partial charge in [0.05, 0.1) is 29.6 Å². The zero-order valence-electron chi connectivity index (χ0n) is 14.5. The molecule has 8 nitrogen and oxygen atoms in total. The molecule has 0 heterocycles. The van der Waals surface area contributed by atoms with Gasteiger partial charge in [-0.2, -0.15) is 0 Å². The topological polar surface area (TPSA) is 108 Å². The smallest absolute Gasteiger partial charge is 0.269 e. The van der Waals surface area contributed by atoms with Crippen molar-refractivity contribution in [2.45, 2.75) is 11.0 Å². The summed E-state index contributed by atoms with van der Waals surface area (Å²) in [6.07, 6.45) is -0.260. The number of methoxy groups -OCH3 is 1. The Kier molecular flexibility index (Phi) is 7.72. The molecule has 1 atom stereocenters. The van der Waals surface area contributed by atoms with Crippen LogP contribution >= 0.6 is 15.9 Å². The first-order valence-electron chi connectivity index (χ1n) is 7.93. The molecule has 0 spiro atoms. The van der Waals surface area contributed by atoms with Crippen molar-refractivity contribution in [1.82, 2.24) is 4.72 Å². The van der Waals surface area contributed by atoms with E-state index in [9.17, 15) is 18.5 Å². The maximum absolute atomic E-state index is 12.2. The van der Waals surface area contributed by atoms with E-state index < -0.39 is 14.9 Å². The maximum Gasteiger partial charge on any atom is 0.269 e. The standard InChI is InChI=1S/C17H19BrN2O6S/c1-25-15-4-2-3-13(11-15)17(12-18)26-10-9-19-27(23,24)16-7-5-14(6-8-16)20(21)22/h2-8,11,17,19H,9-10,12H2,1H3. The van der Waals surface area contributed by atoms with Crippen LogP contribution in [0.4, 0.5) is 5.69 Å². The average molecular weight is 459 g/mol. The van der Waals surface area contributed by atoms with Gasteiger partial charge in [-0.1, -0.05) is 28.1 Å². The highest BCUT2D eigenvalue weighted by atomic mass is 79.9. The highest BCUT2D eigenvalue weighted by molar-refractivity contribution is 9.09. The van der Waals surface area contributed by atoms with Gasteiger partial charge in [0.25, 0.3) is 5.69 Å². The second-order valence-corrected chi connectivity index (χ2v) is 7.85. The summed E-state index contributed by atoms with van der Waals surface area (Å²) in [7, 11) is -2.19. The second-order valence-electron chi connectivity index (χ2n) is 5.44. The van der Waals surface area contributed by atoms with E-state index >= 15 is 0 Å². The number of sulfonamides is 1. The molecule has 27 heavy (non-hydrogen) atoms. The van der Waals surface area contributed by atoms with Gasteiger partial charge in [-0.05, 0) is 29.8 Å². The molecule has 0 aliphatic carbocycles. The molecule has 0 aliphatic rings.